The molecule has 606 valence electrons. The number of carbonyl (C=O) groups excluding carboxylic acids is 11. The van der Waals surface area contributed by atoms with Crippen molar-refractivity contribution >= 4 is 71.6 Å². The Morgan fingerprint density at radius 1 is 0.735 bits per heavy atom. The first-order valence-electron chi connectivity index (χ1n) is 37.6. The Morgan fingerprint density at radius 2 is 1.36 bits per heavy atom. The summed E-state index contributed by atoms with van der Waals surface area (Å²) in [4.78, 5) is 156. The lowest BCUT2D eigenvalue weighted by Crippen LogP contribution is -2.82. The molecule has 5 aromatic rings. The van der Waals surface area contributed by atoms with Crippen LogP contribution in [0.1, 0.15) is 139 Å². The van der Waals surface area contributed by atoms with Crippen molar-refractivity contribution in [1.29, 1.82) is 0 Å². The number of likely N-dealkylation sites (N-methyl/N-ethyl adjacent to an activating group) is 1. The van der Waals surface area contributed by atoms with Crippen LogP contribution in [-0.4, -0.2) is 196 Å². The van der Waals surface area contributed by atoms with Gasteiger partial charge in [0.2, 0.25) is 17.9 Å². The van der Waals surface area contributed by atoms with E-state index in [1.807, 2.05) is 48.5 Å². The summed E-state index contributed by atoms with van der Waals surface area (Å²) in [5, 5.41) is 30.1. The molecule has 5 aromatic carbocycles. The summed E-state index contributed by atoms with van der Waals surface area (Å²) in [6.45, 7) is 15.0. The molecule has 0 aromatic heterocycles. The normalized spacial score (nSPS) is 23.6. The minimum atomic E-state index is -2.40. The van der Waals surface area contributed by atoms with Gasteiger partial charge in [-0.15, -0.1) is 0 Å². The van der Waals surface area contributed by atoms with E-state index < -0.39 is 167 Å². The number of anilines is 1. The molecule has 1 aliphatic heterocycles. The summed E-state index contributed by atoms with van der Waals surface area (Å²) in [7, 11) is 4.10. The first-order chi connectivity index (χ1) is 53.6. The molecule has 0 unspecified atom stereocenters. The van der Waals surface area contributed by atoms with Gasteiger partial charge < -0.3 is 95.0 Å². The molecular weight excluding hydrogens is 1460 g/mol. The number of primary amides is 1. The standard InChI is InChI=1S/C83H102N8O22/c1-46(2)63(89-76(100)106-44-57-55-31-22-20-29-53(55)54-30-21-23-32-56(54)57)71(95)88-58(33-24-38-85-74(84)98)70(94)87-52-36-34-49(35-37-52)43-107-78(102)91(11)40-39-86-75(99)110-66(64(50-25-16-14-17-26-50)90-77(101)113-79(5,6)7)73(97)109-59-42-83(103)69(111-72(96)51-27-18-15-19-28-51)67-81(10,68(93)65(105-13)62(47(59)3)80(83,8)9)60(104-12)41-61-82(67,45-108-61)112-48(4)92/h14-23,25-32,34-37,46,57-61,63-67,69,103H,24,33,38-45H2,1-13H3,(H,86,99)(H,87,94)(H,88,95)(H,89,100)(H,90,101)(H3,84,85,98)/t58-,59-,60-,61+,63-,64-,65+,66+,67-,69-,81+,82-,83+/m0/s1. The number of nitrogens with two attached hydrogens (primary N) is 1. The Bertz CT molecular complexity index is 4340. The second-order valence-corrected chi connectivity index (χ2v) is 31.2. The third-order valence-electron chi connectivity index (χ3n) is 22.0. The van der Waals surface area contributed by atoms with Gasteiger partial charge in [-0.3, -0.25) is 19.2 Å². The molecule has 1 heterocycles. The molecule has 1 saturated heterocycles. The van der Waals surface area contributed by atoms with E-state index in [1.165, 1.54) is 40.3 Å². The zero-order valence-corrected chi connectivity index (χ0v) is 65.7. The molecule has 0 spiro atoms. The van der Waals surface area contributed by atoms with Gasteiger partial charge in [0.15, 0.2) is 11.4 Å². The Kier molecular flexibility index (Phi) is 26.5. The summed E-state index contributed by atoms with van der Waals surface area (Å²) in [5.41, 5.74) is 2.26. The molecule has 3 fully saturated rings. The van der Waals surface area contributed by atoms with Gasteiger partial charge in [0.05, 0.1) is 29.6 Å². The smallest absolute Gasteiger partial charge is 0.409 e. The fourth-order valence-corrected chi connectivity index (χ4v) is 16.3. The lowest BCUT2D eigenvalue weighted by atomic mass is 9.44. The van der Waals surface area contributed by atoms with Crippen molar-refractivity contribution in [3.05, 3.63) is 172 Å². The van der Waals surface area contributed by atoms with Crippen LogP contribution in [0.25, 0.3) is 11.1 Å². The molecule has 2 saturated carbocycles. The van der Waals surface area contributed by atoms with E-state index in [0.29, 0.717) is 11.3 Å². The van der Waals surface area contributed by atoms with Crippen molar-refractivity contribution in [2.75, 3.05) is 59.4 Å². The van der Waals surface area contributed by atoms with Crippen LogP contribution in [-0.2, 0) is 77.9 Å². The lowest BCUT2D eigenvalue weighted by molar-refractivity contribution is -0.347. The quantitative estimate of drug-likeness (QED) is 0.0100. The predicted octanol–water partition coefficient (Wildman–Crippen LogP) is 9.01. The number of esters is 3. The SMILES string of the molecule is CO[C@H]1C(=O)[C@]2(C)[C@@H](OC)C[C@H]3OC[C@@]3(OC(C)=O)[C@H]2[C@H](OC(=O)c2ccccc2)[C@]2(O)C[C@H](OC(=O)[C@H](OC(=O)NCCN(C)C(=O)OCc3ccc(NC(=O)[C@H](CCCNC(N)=O)NC(=O)[C@@H](NC(=O)OCC4c5ccccc5-c5ccccc54)C(C)C)cc3)[C@@H](NC(=O)OC(C)(C)C)c3ccccc3)C(C)=C1C2(C)C. The number of alkyl carbamates (subject to hydrolysis) is 3. The van der Waals surface area contributed by atoms with Crippen LogP contribution in [0.2, 0.25) is 0 Å². The molecule has 9 N–H and O–H groups in total. The van der Waals surface area contributed by atoms with Gasteiger partial charge in [0.25, 0.3) is 0 Å². The maximum absolute atomic E-state index is 16.0. The number of rotatable bonds is 28. The monoisotopic (exact) mass is 1560 g/mol. The third-order valence-corrected chi connectivity index (χ3v) is 22.0. The van der Waals surface area contributed by atoms with Crippen molar-refractivity contribution in [3.8, 4) is 11.1 Å². The molecule has 0 radical (unpaired) electrons. The van der Waals surface area contributed by atoms with Crippen molar-refractivity contribution in [3.63, 3.8) is 0 Å². The maximum Gasteiger partial charge on any atom is 0.409 e. The lowest BCUT2D eigenvalue weighted by Gasteiger charge is -2.67. The molecule has 30 heteroatoms. The average molecular weight is 1560 g/mol. The second-order valence-electron chi connectivity index (χ2n) is 31.2. The number of hydrogen-bond donors (Lipinski definition) is 8. The van der Waals surface area contributed by atoms with E-state index in [-0.39, 0.29) is 86.9 Å². The van der Waals surface area contributed by atoms with Crippen molar-refractivity contribution in [2.45, 2.75) is 179 Å². The summed E-state index contributed by atoms with van der Waals surface area (Å²) in [6.07, 6.45) is -13.1. The van der Waals surface area contributed by atoms with Crippen molar-refractivity contribution in [2.24, 2.45) is 28.4 Å². The number of benzene rings is 5. The van der Waals surface area contributed by atoms with E-state index >= 15 is 9.59 Å². The van der Waals surface area contributed by atoms with Gasteiger partial charge in [-0.25, -0.2) is 33.6 Å². The second kappa shape index (κ2) is 35.4. The van der Waals surface area contributed by atoms with E-state index in [0.717, 1.165) is 27.2 Å². The number of carbonyl (C=O) groups is 11. The third kappa shape index (κ3) is 18.4. The minimum Gasteiger partial charge on any atom is -0.455 e. The summed E-state index contributed by atoms with van der Waals surface area (Å²) in [5.74, 6) is -6.96. The van der Waals surface area contributed by atoms with Crippen LogP contribution in [0.15, 0.2) is 145 Å². The van der Waals surface area contributed by atoms with Crippen LogP contribution in [0.4, 0.5) is 29.7 Å². The summed E-state index contributed by atoms with van der Waals surface area (Å²) < 4.78 is 60.9. The molecule has 30 nitrogen and oxygen atoms in total. The van der Waals surface area contributed by atoms with Gasteiger partial charge in [0.1, 0.15) is 67.0 Å². The zero-order valence-electron chi connectivity index (χ0n) is 65.7. The Balaban J connectivity index is 0.820. The molecule has 5 aliphatic rings. The van der Waals surface area contributed by atoms with E-state index in [1.54, 1.807) is 135 Å². The first kappa shape index (κ1) is 84.5. The fourth-order valence-electron chi connectivity index (χ4n) is 16.3. The van der Waals surface area contributed by atoms with Gasteiger partial charge >= 0.3 is 48.3 Å². The highest BCUT2D eigenvalue weighted by Gasteiger charge is 2.78. The van der Waals surface area contributed by atoms with Crippen LogP contribution in [0.3, 0.4) is 0 Å². The number of aliphatic hydroxyl groups is 1. The van der Waals surface area contributed by atoms with Gasteiger partial charge in [-0.05, 0) is 122 Å². The fraction of sp³-hybridized carbons (Fsp3) is 0.482. The average Bonchev–Trinajstić information content (AvgIpc) is 1.45. The van der Waals surface area contributed by atoms with E-state index in [9.17, 15) is 48.3 Å². The highest BCUT2D eigenvalue weighted by molar-refractivity contribution is 5.99. The Hall–Kier alpha value is -11.0. The van der Waals surface area contributed by atoms with Gasteiger partial charge in [-0.2, -0.15) is 0 Å². The van der Waals surface area contributed by atoms with Gasteiger partial charge in [-0.1, -0.05) is 137 Å². The van der Waals surface area contributed by atoms with Crippen LogP contribution in [0.5, 0.6) is 0 Å². The largest absolute Gasteiger partial charge is 0.455 e. The van der Waals surface area contributed by atoms with Crippen molar-refractivity contribution < 1.29 is 105 Å². The minimum absolute atomic E-state index is 0.00831. The highest BCUT2D eigenvalue weighted by Crippen LogP contribution is 2.65. The topological polar surface area (TPSA) is 402 Å². The highest BCUT2D eigenvalue weighted by atomic mass is 16.6. The Labute approximate surface area is 655 Å². The molecular formula is C83H102N8O22. The van der Waals surface area contributed by atoms with Crippen LogP contribution < -0.4 is 37.6 Å². The van der Waals surface area contributed by atoms with Crippen LogP contribution in [0, 0.1) is 22.7 Å². The number of fused-ring (bicyclic) bond motifs is 8. The van der Waals surface area contributed by atoms with E-state index in [2.05, 4.69) is 31.9 Å². The maximum atomic E-state index is 16.0. The van der Waals surface area contributed by atoms with Gasteiger partial charge in [0, 0.05) is 77.7 Å². The molecule has 113 heavy (non-hydrogen) atoms. The molecule has 8 amide bonds. The molecule has 10 rings (SSSR count). The number of methoxy groups -OCH3 is 2. The number of nitrogens with zero attached hydrogens (tertiary/aromatic N) is 1. The number of ether oxygens (including phenoxy) is 10. The molecule has 4 aliphatic carbocycles. The number of ketones is 1. The molecule has 13 atom stereocenters. The number of nitrogens with one attached hydrogen (secondary N) is 6. The number of Topliss-reactive ketones (excluding diaryl/α,β-unsaturated/α-hetero) is 1. The first-order valence-corrected chi connectivity index (χ1v) is 37.6. The number of urea groups is 1. The predicted molar refractivity (Wildman–Crippen MR) is 409 cm³/mol. The zero-order chi connectivity index (χ0) is 82.1. The number of amides is 8. The van der Waals surface area contributed by atoms with Crippen LogP contribution >= 0.6 is 0 Å². The molecule has 2 bridgehead atoms. The Morgan fingerprint density at radius 3 is 1.95 bits per heavy atom. The van der Waals surface area contributed by atoms with Crippen molar-refractivity contribution in [1.82, 2.24) is 31.5 Å². The van der Waals surface area contributed by atoms with E-state index in [4.69, 9.17) is 53.1 Å². The summed E-state index contributed by atoms with van der Waals surface area (Å²) in [6, 6.07) is 33.3. The summed E-state index contributed by atoms with van der Waals surface area (Å²) >= 11 is 0. The number of hydrogen-bond acceptors (Lipinski definition) is 22.